The molecule has 18 heteroatoms. The number of anilines is 1. The average Bonchev–Trinajstić information content (AvgIpc) is 3.90. The number of benzene rings is 2. The van der Waals surface area contributed by atoms with Gasteiger partial charge in [-0.2, -0.15) is 10.2 Å². The van der Waals surface area contributed by atoms with E-state index in [2.05, 4.69) is 25.8 Å². The maximum Gasteiger partial charge on any atom is 0.276 e. The van der Waals surface area contributed by atoms with Crippen molar-refractivity contribution in [3.05, 3.63) is 93.6 Å². The van der Waals surface area contributed by atoms with Crippen LogP contribution in [0.15, 0.2) is 48.6 Å². The fraction of sp³-hybridized carbons (Fsp3) is 0.342. The molecular formula is C38H44N12O6. The fourth-order valence-electron chi connectivity index (χ4n) is 7.87. The predicted molar refractivity (Wildman–Crippen MR) is 205 cm³/mol. The number of fused-ring (bicyclic) bond motifs is 1. The zero-order valence-electron chi connectivity index (χ0n) is 31.6. The second-order valence-electron chi connectivity index (χ2n) is 14.0. The number of nitrogens with zero attached hydrogens (tertiary/aromatic N) is 6. The van der Waals surface area contributed by atoms with E-state index in [1.807, 2.05) is 26.0 Å². The van der Waals surface area contributed by atoms with Crippen LogP contribution in [0.4, 0.5) is 5.95 Å². The summed E-state index contributed by atoms with van der Waals surface area (Å²) in [4.78, 5) is 56.8. The first-order valence-corrected chi connectivity index (χ1v) is 18.1. The van der Waals surface area contributed by atoms with Gasteiger partial charge in [-0.25, -0.2) is 4.98 Å². The number of nitrogens with two attached hydrogens (primary N) is 4. The Morgan fingerprint density at radius 3 is 2.18 bits per heavy atom. The number of aryl methyl sites for hydroxylation is 4. The number of carbonyl (C=O) groups is 4. The third-order valence-corrected chi connectivity index (χ3v) is 10.4. The molecule has 4 amide bonds. The number of imidazole rings is 1. The van der Waals surface area contributed by atoms with Crippen molar-refractivity contribution in [2.24, 2.45) is 28.9 Å². The first-order valence-electron chi connectivity index (χ1n) is 18.1. The van der Waals surface area contributed by atoms with Gasteiger partial charge in [0.15, 0.2) is 0 Å². The lowest BCUT2D eigenvalue weighted by atomic mass is 9.78. The number of hydrogen-bond acceptors (Lipinski definition) is 11. The molecule has 3 aromatic heterocycles. The van der Waals surface area contributed by atoms with Crippen LogP contribution in [0.3, 0.4) is 0 Å². The Bertz CT molecular complexity index is 2460. The number of nitrogens with one attached hydrogen (secondary N) is 2. The molecule has 0 spiro atoms. The molecule has 56 heavy (non-hydrogen) atoms. The summed E-state index contributed by atoms with van der Waals surface area (Å²) in [7, 11) is 1.46. The molecule has 292 valence electrons. The number of carbonyl (C=O) groups excluding carboxylic acids is 4. The van der Waals surface area contributed by atoms with Crippen molar-refractivity contribution in [2.45, 2.75) is 65.0 Å². The molecule has 5 aromatic rings. The lowest BCUT2D eigenvalue weighted by Crippen LogP contribution is -2.64. The van der Waals surface area contributed by atoms with Crippen molar-refractivity contribution >= 4 is 40.6 Å². The van der Waals surface area contributed by atoms with Gasteiger partial charge in [-0.15, -0.1) is 0 Å². The van der Waals surface area contributed by atoms with E-state index in [4.69, 9.17) is 32.4 Å². The van der Waals surface area contributed by atoms with E-state index in [0.717, 1.165) is 0 Å². The zero-order valence-corrected chi connectivity index (χ0v) is 31.6. The van der Waals surface area contributed by atoms with E-state index in [-0.39, 0.29) is 30.2 Å². The topological polar surface area (TPSA) is 268 Å². The second kappa shape index (κ2) is 14.3. The van der Waals surface area contributed by atoms with E-state index in [1.165, 1.54) is 19.2 Å². The number of primary amides is 2. The average molecular weight is 765 g/mol. The molecular weight excluding hydrogens is 720 g/mol. The smallest absolute Gasteiger partial charge is 0.276 e. The van der Waals surface area contributed by atoms with Crippen molar-refractivity contribution in [3.63, 3.8) is 0 Å². The molecule has 18 nitrogen and oxygen atoms in total. The van der Waals surface area contributed by atoms with Crippen LogP contribution >= 0.6 is 0 Å². The van der Waals surface area contributed by atoms with E-state index >= 15 is 0 Å². The normalized spacial score (nSPS) is 19.9. The molecule has 1 aliphatic heterocycles. The highest BCUT2D eigenvalue weighted by Crippen LogP contribution is 2.54. The molecule has 0 fully saturated rings. The minimum atomic E-state index is -1.55. The summed E-state index contributed by atoms with van der Waals surface area (Å²) in [5.74, 6) is -2.41. The summed E-state index contributed by atoms with van der Waals surface area (Å²) in [5.41, 5.74) is 28.3. The van der Waals surface area contributed by atoms with Gasteiger partial charge in [0.05, 0.1) is 36.7 Å². The van der Waals surface area contributed by atoms with E-state index in [9.17, 15) is 19.2 Å². The van der Waals surface area contributed by atoms with Gasteiger partial charge in [0.2, 0.25) is 17.8 Å². The number of hydrogen-bond donors (Lipinski definition) is 6. The molecule has 2 aliphatic rings. The van der Waals surface area contributed by atoms with E-state index in [0.29, 0.717) is 69.5 Å². The molecule has 4 heterocycles. The van der Waals surface area contributed by atoms with E-state index in [1.54, 1.807) is 52.0 Å². The molecule has 0 bridgehead atoms. The summed E-state index contributed by atoms with van der Waals surface area (Å²) in [5, 5.41) is 14.7. The standard InChI is InChI=1S/C38H44N12O6/c1-6-49-25(11-18(3)46-49)35(53)44-37-43-24-14-22(34(41)52)16-28(55-5)31(24)48(37)10-8-9-20-17-56-27-15-21(33(40)51)13-23-29(27)30(20)38(42,32(23)39)45-36(54)26-12-19(4)47-50(26)7-2/h8-9,11-16,20,30,32H,6-7,10,17,39,42H2,1-5H3,(H2,40,51)(H2,41,52)(H,45,54)(H,43,44,53)/t20-,30?,32?,38-/m1/s1. The van der Waals surface area contributed by atoms with Gasteiger partial charge < -0.3 is 42.3 Å². The van der Waals surface area contributed by atoms with Gasteiger partial charge in [-0.1, -0.05) is 12.2 Å². The molecule has 10 N–H and O–H groups in total. The Kier molecular flexibility index (Phi) is 9.63. The number of allylic oxidation sites excluding steroid dienone is 1. The van der Waals surface area contributed by atoms with Gasteiger partial charge in [-0.05, 0) is 69.7 Å². The largest absolute Gasteiger partial charge is 0.494 e. The molecule has 0 saturated carbocycles. The molecule has 4 atom stereocenters. The van der Waals surface area contributed by atoms with Crippen LogP contribution in [0.2, 0.25) is 0 Å². The molecule has 0 saturated heterocycles. The molecule has 0 radical (unpaired) electrons. The van der Waals surface area contributed by atoms with Crippen molar-refractivity contribution < 1.29 is 28.7 Å². The zero-order chi connectivity index (χ0) is 40.2. The summed E-state index contributed by atoms with van der Waals surface area (Å²) in [6, 6.07) is 8.61. The van der Waals surface area contributed by atoms with Gasteiger partial charge in [0.1, 0.15) is 34.1 Å². The van der Waals surface area contributed by atoms with Crippen LogP contribution < -0.4 is 43.0 Å². The van der Waals surface area contributed by atoms with E-state index < -0.39 is 47.2 Å². The highest BCUT2D eigenvalue weighted by molar-refractivity contribution is 6.04. The van der Waals surface area contributed by atoms with Crippen LogP contribution in [0, 0.1) is 19.8 Å². The molecule has 2 aromatic carbocycles. The third-order valence-electron chi connectivity index (χ3n) is 10.4. The van der Waals surface area contributed by atoms with Gasteiger partial charge >= 0.3 is 0 Å². The summed E-state index contributed by atoms with van der Waals surface area (Å²) >= 11 is 0. The molecule has 7 rings (SSSR count). The molecule has 1 aliphatic carbocycles. The maximum atomic E-state index is 13.9. The van der Waals surface area contributed by atoms with Crippen LogP contribution in [-0.4, -0.2) is 72.1 Å². The monoisotopic (exact) mass is 764 g/mol. The minimum Gasteiger partial charge on any atom is -0.494 e. The highest BCUT2D eigenvalue weighted by atomic mass is 16.5. The van der Waals surface area contributed by atoms with Crippen LogP contribution in [0.25, 0.3) is 11.0 Å². The Morgan fingerprint density at radius 2 is 1.57 bits per heavy atom. The Hall–Kier alpha value is -6.53. The van der Waals surface area contributed by atoms with Crippen LogP contribution in [0.5, 0.6) is 11.5 Å². The SMILES string of the molecule is CCn1nc(C)cc1C(=O)Nc1nc2cc(C(N)=O)cc(OC)c2n1CC=C[C@@H]1COc2cc(C(N)=O)cc3c2C1[C@@](N)(NC(=O)c1cc(C)nn1CC)C3N. The first-order chi connectivity index (χ1) is 26.7. The number of ether oxygens (including phenoxy) is 2. The quantitative estimate of drug-likeness (QED) is 0.0790. The number of amides is 4. The summed E-state index contributed by atoms with van der Waals surface area (Å²) < 4.78 is 16.8. The summed E-state index contributed by atoms with van der Waals surface area (Å²) in [6.07, 6.45) is 3.76. The highest BCUT2D eigenvalue weighted by Gasteiger charge is 2.56. The van der Waals surface area contributed by atoms with Crippen molar-refractivity contribution in [3.8, 4) is 11.5 Å². The van der Waals surface area contributed by atoms with Crippen molar-refractivity contribution in [1.29, 1.82) is 0 Å². The first kappa shape index (κ1) is 37.8. The van der Waals surface area contributed by atoms with Gasteiger partial charge in [-0.3, -0.25) is 33.9 Å². The van der Waals surface area contributed by atoms with Gasteiger partial charge in [0, 0.05) is 48.2 Å². The Balaban J connectivity index is 1.28. The lowest BCUT2D eigenvalue weighted by molar-refractivity contribution is 0.0819. The minimum absolute atomic E-state index is 0.114. The number of rotatable bonds is 12. The third kappa shape index (κ3) is 6.31. The molecule has 2 unspecified atom stereocenters. The predicted octanol–water partition coefficient (Wildman–Crippen LogP) is 1.99. The number of methoxy groups -OCH3 is 1. The maximum absolute atomic E-state index is 13.9. The number of aromatic nitrogens is 6. The van der Waals surface area contributed by atoms with Crippen LogP contribution in [-0.2, 0) is 19.6 Å². The van der Waals surface area contributed by atoms with Crippen LogP contribution in [0.1, 0.15) is 90.0 Å². The lowest BCUT2D eigenvalue weighted by Gasteiger charge is -2.41. The Morgan fingerprint density at radius 1 is 0.946 bits per heavy atom. The van der Waals surface area contributed by atoms with Crippen molar-refractivity contribution in [1.82, 2.24) is 34.4 Å². The Labute approximate surface area is 321 Å². The van der Waals surface area contributed by atoms with Crippen molar-refractivity contribution in [2.75, 3.05) is 19.0 Å². The fourth-order valence-corrected chi connectivity index (χ4v) is 7.87. The second-order valence-corrected chi connectivity index (χ2v) is 14.0. The van der Waals surface area contributed by atoms with Gasteiger partial charge in [0.25, 0.3) is 11.8 Å². The summed E-state index contributed by atoms with van der Waals surface area (Å²) in [6.45, 7) is 8.55.